The number of anilines is 1. The lowest BCUT2D eigenvalue weighted by Gasteiger charge is -2.15. The highest BCUT2D eigenvalue weighted by Crippen LogP contribution is 2.27. The van der Waals surface area contributed by atoms with E-state index >= 15 is 0 Å². The molecule has 5 heterocycles. The molecular weight excluding hydrogens is 504 g/mol. The Balaban J connectivity index is 1.08. The molecule has 0 radical (unpaired) electrons. The molecule has 1 aromatic carbocycles. The van der Waals surface area contributed by atoms with E-state index in [2.05, 4.69) is 30.5 Å². The number of fused-ring (bicyclic) bond motifs is 1. The molecule has 1 aliphatic rings. The Kier molecular flexibility index (Phi) is 6.61. The summed E-state index contributed by atoms with van der Waals surface area (Å²) < 4.78 is 34.5. The van der Waals surface area contributed by atoms with Crippen molar-refractivity contribution in [3.05, 3.63) is 72.9 Å². The lowest BCUT2D eigenvalue weighted by Crippen LogP contribution is -2.29. The number of aryl methyl sites for hydroxylation is 1. The average Bonchev–Trinajstić information content (AvgIpc) is 3.66. The molecule has 0 saturated carbocycles. The SMILES string of the molecule is Cn1ncc(-c2ccc(CNc3cc(-c4cnc5cc(OCCN6CCC(F)(F)C6)ccn45)ncn3)cc2)n1. The Labute approximate surface area is 223 Å². The number of aromatic nitrogens is 7. The maximum Gasteiger partial charge on any atom is 0.261 e. The van der Waals surface area contributed by atoms with Gasteiger partial charge in [-0.15, -0.1) is 0 Å². The van der Waals surface area contributed by atoms with Crippen LogP contribution >= 0.6 is 0 Å². The minimum Gasteiger partial charge on any atom is -0.492 e. The highest BCUT2D eigenvalue weighted by Gasteiger charge is 2.37. The van der Waals surface area contributed by atoms with Crippen LogP contribution in [0.1, 0.15) is 12.0 Å². The van der Waals surface area contributed by atoms with Crippen LogP contribution in [0.5, 0.6) is 5.75 Å². The molecule has 0 aliphatic carbocycles. The van der Waals surface area contributed by atoms with Gasteiger partial charge in [-0.25, -0.2) is 23.7 Å². The van der Waals surface area contributed by atoms with Crippen LogP contribution < -0.4 is 10.1 Å². The van der Waals surface area contributed by atoms with Gasteiger partial charge in [0.1, 0.15) is 35.8 Å². The van der Waals surface area contributed by atoms with Crippen molar-refractivity contribution >= 4 is 11.5 Å². The van der Waals surface area contributed by atoms with Crippen LogP contribution in [0, 0.1) is 0 Å². The first-order chi connectivity index (χ1) is 18.9. The third-order valence-electron chi connectivity index (χ3n) is 6.66. The number of likely N-dealkylation sites (tertiary alicyclic amines) is 1. The zero-order valence-corrected chi connectivity index (χ0v) is 21.3. The number of alkyl halides is 2. The van der Waals surface area contributed by atoms with Crippen molar-refractivity contribution in [2.75, 3.05) is 31.6 Å². The van der Waals surface area contributed by atoms with Gasteiger partial charge in [-0.05, 0) is 11.6 Å². The summed E-state index contributed by atoms with van der Waals surface area (Å²) in [5.74, 6) is -1.26. The van der Waals surface area contributed by atoms with Gasteiger partial charge in [0.05, 0.1) is 30.3 Å². The molecule has 6 rings (SSSR count). The predicted molar refractivity (Wildman–Crippen MR) is 141 cm³/mol. The van der Waals surface area contributed by atoms with Crippen LogP contribution in [0.3, 0.4) is 0 Å². The maximum atomic E-state index is 13.4. The van der Waals surface area contributed by atoms with Crippen LogP contribution in [-0.4, -0.2) is 71.4 Å². The highest BCUT2D eigenvalue weighted by atomic mass is 19.3. The molecule has 5 aromatic rings. The number of pyridine rings is 1. The smallest absolute Gasteiger partial charge is 0.261 e. The minimum absolute atomic E-state index is 0.0893. The highest BCUT2D eigenvalue weighted by molar-refractivity contribution is 5.63. The lowest BCUT2D eigenvalue weighted by atomic mass is 10.1. The lowest BCUT2D eigenvalue weighted by molar-refractivity contribution is 0.0113. The molecule has 0 atom stereocenters. The van der Waals surface area contributed by atoms with Crippen molar-refractivity contribution in [2.24, 2.45) is 7.05 Å². The second-order valence-corrected chi connectivity index (χ2v) is 9.52. The number of nitrogens with one attached hydrogen (secondary N) is 1. The molecule has 1 N–H and O–H groups in total. The molecule has 1 saturated heterocycles. The van der Waals surface area contributed by atoms with Crippen molar-refractivity contribution in [3.63, 3.8) is 0 Å². The number of rotatable bonds is 9. The molecule has 0 amide bonds. The zero-order valence-electron chi connectivity index (χ0n) is 21.3. The summed E-state index contributed by atoms with van der Waals surface area (Å²) in [4.78, 5) is 16.6. The Morgan fingerprint density at radius 3 is 2.67 bits per heavy atom. The van der Waals surface area contributed by atoms with Crippen molar-refractivity contribution < 1.29 is 13.5 Å². The van der Waals surface area contributed by atoms with Crippen molar-refractivity contribution in [3.8, 4) is 28.4 Å². The zero-order chi connectivity index (χ0) is 26.8. The molecule has 4 aromatic heterocycles. The molecule has 0 bridgehead atoms. The van der Waals surface area contributed by atoms with E-state index in [1.54, 1.807) is 24.3 Å². The summed E-state index contributed by atoms with van der Waals surface area (Å²) in [6.45, 7) is 1.59. The normalized spacial score (nSPS) is 15.2. The fraction of sp³-hybridized carbons (Fsp3) is 0.296. The van der Waals surface area contributed by atoms with Gasteiger partial charge in [0, 0.05) is 57.0 Å². The number of hydrogen-bond acceptors (Lipinski definition) is 8. The van der Waals surface area contributed by atoms with Crippen LogP contribution in [0.4, 0.5) is 14.6 Å². The van der Waals surface area contributed by atoms with Gasteiger partial charge >= 0.3 is 0 Å². The first-order valence-electron chi connectivity index (χ1n) is 12.6. The summed E-state index contributed by atoms with van der Waals surface area (Å²) in [5, 5.41) is 11.8. The number of benzene rings is 1. The third-order valence-corrected chi connectivity index (χ3v) is 6.66. The minimum atomic E-state index is -2.59. The summed E-state index contributed by atoms with van der Waals surface area (Å²) in [5.41, 5.74) is 5.18. The van der Waals surface area contributed by atoms with Crippen molar-refractivity contribution in [1.82, 2.24) is 39.2 Å². The molecule has 10 nitrogen and oxygen atoms in total. The Morgan fingerprint density at radius 2 is 1.90 bits per heavy atom. The Hall–Kier alpha value is -4.45. The van der Waals surface area contributed by atoms with Gasteiger partial charge in [-0.2, -0.15) is 15.0 Å². The number of nitrogens with zero attached hydrogens (tertiary/aromatic N) is 8. The molecule has 200 valence electrons. The number of halogens is 2. The van der Waals surface area contributed by atoms with E-state index in [1.165, 1.54) is 11.1 Å². The number of imidazole rings is 1. The molecule has 0 spiro atoms. The largest absolute Gasteiger partial charge is 0.492 e. The second kappa shape index (κ2) is 10.4. The van der Waals surface area contributed by atoms with Gasteiger partial charge in [-0.3, -0.25) is 9.30 Å². The van der Waals surface area contributed by atoms with Crippen molar-refractivity contribution in [1.29, 1.82) is 0 Å². The monoisotopic (exact) mass is 531 g/mol. The van der Waals surface area contributed by atoms with Gasteiger partial charge in [-0.1, -0.05) is 24.3 Å². The van der Waals surface area contributed by atoms with Gasteiger partial charge in [0.2, 0.25) is 0 Å². The van der Waals surface area contributed by atoms with Crippen LogP contribution in [0.2, 0.25) is 0 Å². The molecule has 0 unspecified atom stereocenters. The molecule has 39 heavy (non-hydrogen) atoms. The van der Waals surface area contributed by atoms with E-state index in [9.17, 15) is 8.78 Å². The first-order valence-corrected chi connectivity index (χ1v) is 12.6. The fourth-order valence-corrected chi connectivity index (χ4v) is 4.59. The van der Waals surface area contributed by atoms with Crippen molar-refractivity contribution in [2.45, 2.75) is 18.9 Å². The molecule has 12 heteroatoms. The van der Waals surface area contributed by atoms with Crippen LogP contribution in [0.15, 0.2) is 67.4 Å². The maximum absolute atomic E-state index is 13.4. The average molecular weight is 532 g/mol. The topological polar surface area (TPSA) is 98.3 Å². The van der Waals surface area contributed by atoms with E-state index in [0.29, 0.717) is 43.5 Å². The van der Waals surface area contributed by atoms with Gasteiger partial charge < -0.3 is 10.1 Å². The van der Waals surface area contributed by atoms with E-state index in [0.717, 1.165) is 28.2 Å². The number of ether oxygens (including phenoxy) is 1. The summed E-state index contributed by atoms with van der Waals surface area (Å²) in [6, 6.07) is 13.7. The second-order valence-electron chi connectivity index (χ2n) is 9.52. The summed E-state index contributed by atoms with van der Waals surface area (Å²) >= 11 is 0. The van der Waals surface area contributed by atoms with Gasteiger partial charge in [0.15, 0.2) is 0 Å². The Morgan fingerprint density at radius 1 is 1.03 bits per heavy atom. The molecule has 1 aliphatic heterocycles. The third kappa shape index (κ3) is 5.70. The predicted octanol–water partition coefficient (Wildman–Crippen LogP) is 3.92. The van der Waals surface area contributed by atoms with E-state index < -0.39 is 5.92 Å². The number of hydrogen-bond donors (Lipinski definition) is 1. The van der Waals surface area contributed by atoms with E-state index in [4.69, 9.17) is 4.74 Å². The van der Waals surface area contributed by atoms with Crippen LogP contribution in [-0.2, 0) is 13.6 Å². The fourth-order valence-electron chi connectivity index (χ4n) is 4.59. The van der Waals surface area contributed by atoms with E-state index in [-0.39, 0.29) is 13.0 Å². The first kappa shape index (κ1) is 24.9. The summed E-state index contributed by atoms with van der Waals surface area (Å²) in [6.07, 6.45) is 6.79. The Bertz CT molecular complexity index is 1580. The quantitative estimate of drug-likeness (QED) is 0.306. The summed E-state index contributed by atoms with van der Waals surface area (Å²) in [7, 11) is 1.79. The van der Waals surface area contributed by atoms with Crippen LogP contribution in [0.25, 0.3) is 28.3 Å². The standard InChI is InChI=1S/C27H27F2N9O/c1-36-34-15-23(35-36)20-4-2-19(3-5-20)14-30-25-13-22(32-18-33-25)24-16-31-26-12-21(6-8-38(24)26)39-11-10-37-9-7-27(28,29)17-37/h2-6,8,12-13,15-16,18H,7,9-11,14,17H2,1H3,(H,30,32,33). The molecule has 1 fully saturated rings. The van der Waals surface area contributed by atoms with E-state index in [1.807, 2.05) is 53.1 Å². The van der Waals surface area contributed by atoms with Gasteiger partial charge in [0.25, 0.3) is 5.92 Å². The molecular formula is C27H27F2N9O.